The average molecular weight is 262 g/mol. The van der Waals surface area contributed by atoms with Crippen molar-refractivity contribution in [2.45, 2.75) is 6.54 Å². The van der Waals surface area contributed by atoms with E-state index in [0.29, 0.717) is 0 Å². The van der Waals surface area contributed by atoms with E-state index in [-0.39, 0.29) is 5.82 Å². The van der Waals surface area contributed by atoms with Gasteiger partial charge in [-0.3, -0.25) is 5.10 Å². The van der Waals surface area contributed by atoms with Crippen molar-refractivity contribution in [3.05, 3.63) is 41.8 Å². The summed E-state index contributed by atoms with van der Waals surface area (Å²) in [5, 5.41) is 10.4. The number of hydrogen-bond acceptors (Lipinski definition) is 3. The van der Waals surface area contributed by atoms with Gasteiger partial charge in [-0.25, -0.2) is 4.39 Å². The molecule has 0 aliphatic heterocycles. The normalized spacial score (nSPS) is 11.2. The molecule has 2 rings (SSSR count). The first kappa shape index (κ1) is 13.7. The molecule has 0 radical (unpaired) electrons. The molecule has 4 nitrogen and oxygen atoms in total. The summed E-state index contributed by atoms with van der Waals surface area (Å²) >= 11 is 0. The van der Waals surface area contributed by atoms with Crippen LogP contribution in [0.2, 0.25) is 0 Å². The number of aromatic amines is 1. The smallest absolute Gasteiger partial charge is 0.123 e. The summed E-state index contributed by atoms with van der Waals surface area (Å²) in [5.41, 5.74) is 2.98. The zero-order valence-corrected chi connectivity index (χ0v) is 11.3. The fourth-order valence-electron chi connectivity index (χ4n) is 1.84. The molecular weight excluding hydrogens is 243 g/mol. The van der Waals surface area contributed by atoms with Crippen LogP contribution in [-0.4, -0.2) is 42.3 Å². The van der Waals surface area contributed by atoms with E-state index >= 15 is 0 Å². The Balaban J connectivity index is 1.99. The maximum Gasteiger partial charge on any atom is 0.123 e. The molecule has 0 unspecified atom stereocenters. The lowest BCUT2D eigenvalue weighted by Gasteiger charge is -2.10. The Morgan fingerprint density at radius 2 is 2.00 bits per heavy atom. The second-order valence-corrected chi connectivity index (χ2v) is 4.76. The van der Waals surface area contributed by atoms with E-state index in [1.54, 1.807) is 18.3 Å². The van der Waals surface area contributed by atoms with Crippen LogP contribution in [0.3, 0.4) is 0 Å². The van der Waals surface area contributed by atoms with E-state index in [4.69, 9.17) is 0 Å². The second kappa shape index (κ2) is 6.45. The van der Waals surface area contributed by atoms with Crippen LogP contribution in [0.4, 0.5) is 4.39 Å². The van der Waals surface area contributed by atoms with Gasteiger partial charge >= 0.3 is 0 Å². The summed E-state index contributed by atoms with van der Waals surface area (Å²) < 4.78 is 12.9. The zero-order valence-electron chi connectivity index (χ0n) is 11.3. The van der Waals surface area contributed by atoms with Gasteiger partial charge in [0.25, 0.3) is 0 Å². The number of benzene rings is 1. The predicted octanol–water partition coefficient (Wildman–Crippen LogP) is 1.87. The van der Waals surface area contributed by atoms with Gasteiger partial charge in [0, 0.05) is 30.8 Å². The molecule has 0 spiro atoms. The molecule has 0 aliphatic carbocycles. The molecular formula is C14H19FN4. The zero-order chi connectivity index (χ0) is 13.7. The molecule has 0 amide bonds. The molecule has 0 bridgehead atoms. The summed E-state index contributed by atoms with van der Waals surface area (Å²) in [4.78, 5) is 2.13. The lowest BCUT2D eigenvalue weighted by molar-refractivity contribution is 0.400. The van der Waals surface area contributed by atoms with Crippen molar-refractivity contribution >= 4 is 0 Å². The van der Waals surface area contributed by atoms with E-state index in [0.717, 1.165) is 36.5 Å². The van der Waals surface area contributed by atoms with Gasteiger partial charge in [-0.05, 0) is 38.4 Å². The maximum atomic E-state index is 12.9. The first-order valence-corrected chi connectivity index (χ1v) is 6.30. The lowest BCUT2D eigenvalue weighted by Crippen LogP contribution is -2.26. The van der Waals surface area contributed by atoms with Crippen LogP contribution >= 0.6 is 0 Å². The minimum Gasteiger partial charge on any atom is -0.311 e. The van der Waals surface area contributed by atoms with Gasteiger partial charge in [-0.15, -0.1) is 0 Å². The highest BCUT2D eigenvalue weighted by molar-refractivity contribution is 5.62. The first-order valence-electron chi connectivity index (χ1n) is 6.30. The monoisotopic (exact) mass is 262 g/mol. The molecule has 5 heteroatoms. The van der Waals surface area contributed by atoms with Crippen molar-refractivity contribution in [3.8, 4) is 11.3 Å². The summed E-state index contributed by atoms with van der Waals surface area (Å²) in [6.45, 7) is 2.65. The minimum absolute atomic E-state index is 0.228. The number of nitrogens with zero attached hydrogens (tertiary/aromatic N) is 2. The Morgan fingerprint density at radius 3 is 2.68 bits per heavy atom. The highest BCUT2D eigenvalue weighted by Gasteiger charge is 2.07. The van der Waals surface area contributed by atoms with Gasteiger partial charge in [-0.1, -0.05) is 0 Å². The molecule has 19 heavy (non-hydrogen) atoms. The molecule has 0 saturated carbocycles. The van der Waals surface area contributed by atoms with E-state index in [2.05, 4.69) is 20.4 Å². The summed E-state index contributed by atoms with van der Waals surface area (Å²) in [6, 6.07) is 6.43. The fraction of sp³-hybridized carbons (Fsp3) is 0.357. The molecule has 0 aliphatic rings. The van der Waals surface area contributed by atoms with Gasteiger partial charge in [-0.2, -0.15) is 5.10 Å². The molecule has 2 aromatic rings. The van der Waals surface area contributed by atoms with Crippen LogP contribution < -0.4 is 5.32 Å². The Morgan fingerprint density at radius 1 is 1.26 bits per heavy atom. The average Bonchev–Trinajstić information content (AvgIpc) is 2.84. The lowest BCUT2D eigenvalue weighted by atomic mass is 10.1. The van der Waals surface area contributed by atoms with Crippen molar-refractivity contribution in [3.63, 3.8) is 0 Å². The van der Waals surface area contributed by atoms with Gasteiger partial charge in [0.2, 0.25) is 0 Å². The Kier molecular flexibility index (Phi) is 4.65. The van der Waals surface area contributed by atoms with E-state index in [9.17, 15) is 4.39 Å². The van der Waals surface area contributed by atoms with Crippen LogP contribution in [0.15, 0.2) is 30.5 Å². The second-order valence-electron chi connectivity index (χ2n) is 4.76. The van der Waals surface area contributed by atoms with E-state index in [1.165, 1.54) is 12.1 Å². The molecule has 1 aromatic heterocycles. The van der Waals surface area contributed by atoms with Crippen LogP contribution in [0.5, 0.6) is 0 Å². The molecule has 1 aromatic carbocycles. The highest BCUT2D eigenvalue weighted by Crippen LogP contribution is 2.21. The third-order valence-electron chi connectivity index (χ3n) is 2.90. The maximum absolute atomic E-state index is 12.9. The molecule has 0 fully saturated rings. The molecule has 102 valence electrons. The van der Waals surface area contributed by atoms with Crippen LogP contribution in [0, 0.1) is 5.82 Å². The topological polar surface area (TPSA) is 44.0 Å². The largest absolute Gasteiger partial charge is 0.311 e. The third kappa shape index (κ3) is 3.87. The van der Waals surface area contributed by atoms with E-state index < -0.39 is 0 Å². The quantitative estimate of drug-likeness (QED) is 0.781. The van der Waals surface area contributed by atoms with Crippen molar-refractivity contribution in [1.29, 1.82) is 0 Å². The van der Waals surface area contributed by atoms with Gasteiger partial charge < -0.3 is 10.2 Å². The van der Waals surface area contributed by atoms with Gasteiger partial charge in [0.1, 0.15) is 5.82 Å². The van der Waals surface area contributed by atoms with Crippen molar-refractivity contribution in [2.24, 2.45) is 0 Å². The highest BCUT2D eigenvalue weighted by atomic mass is 19.1. The number of H-pyrrole nitrogens is 1. The van der Waals surface area contributed by atoms with Crippen LogP contribution in [0.1, 0.15) is 5.56 Å². The van der Waals surface area contributed by atoms with Crippen molar-refractivity contribution in [2.75, 3.05) is 27.2 Å². The number of nitrogens with one attached hydrogen (secondary N) is 2. The number of rotatable bonds is 6. The molecule has 1 heterocycles. The summed E-state index contributed by atoms with van der Waals surface area (Å²) in [7, 11) is 4.09. The van der Waals surface area contributed by atoms with Crippen LogP contribution in [0.25, 0.3) is 11.3 Å². The first-order chi connectivity index (χ1) is 9.16. The van der Waals surface area contributed by atoms with Crippen molar-refractivity contribution < 1.29 is 4.39 Å². The molecule has 0 atom stereocenters. The minimum atomic E-state index is -0.228. The summed E-state index contributed by atoms with van der Waals surface area (Å²) in [6.07, 6.45) is 1.81. The Hall–Kier alpha value is -1.72. The third-order valence-corrected chi connectivity index (χ3v) is 2.90. The SMILES string of the molecule is CN(C)CCNCc1cn[nH]c1-c1ccc(F)cc1. The molecule has 2 N–H and O–H groups in total. The standard InChI is InChI=1S/C14H19FN4/c1-19(2)8-7-16-9-12-10-17-18-14(12)11-3-5-13(15)6-4-11/h3-6,10,16H,7-9H2,1-2H3,(H,17,18). The summed E-state index contributed by atoms with van der Waals surface area (Å²) in [5.74, 6) is -0.228. The molecule has 0 saturated heterocycles. The fourth-order valence-corrected chi connectivity index (χ4v) is 1.84. The number of hydrogen-bond donors (Lipinski definition) is 2. The van der Waals surface area contributed by atoms with Crippen molar-refractivity contribution in [1.82, 2.24) is 20.4 Å². The predicted molar refractivity (Wildman–Crippen MR) is 74.2 cm³/mol. The number of likely N-dealkylation sites (N-methyl/N-ethyl adjacent to an activating group) is 1. The Bertz CT molecular complexity index is 504. The van der Waals surface area contributed by atoms with Crippen LogP contribution in [-0.2, 0) is 6.54 Å². The van der Waals surface area contributed by atoms with Gasteiger partial charge in [0.05, 0.1) is 11.9 Å². The number of aromatic nitrogens is 2. The Labute approximate surface area is 112 Å². The number of halogens is 1. The van der Waals surface area contributed by atoms with Gasteiger partial charge in [0.15, 0.2) is 0 Å². The van der Waals surface area contributed by atoms with E-state index in [1.807, 2.05) is 14.1 Å².